The first-order chi connectivity index (χ1) is 7.69. The molecule has 1 heterocycles. The molecule has 94 valence electrons. The molecule has 1 N–H and O–H groups in total. The van der Waals surface area contributed by atoms with E-state index in [2.05, 4.69) is 15.3 Å². The fourth-order valence-electron chi connectivity index (χ4n) is 0.845. The van der Waals surface area contributed by atoms with Gasteiger partial charge in [0.05, 0.1) is 0 Å². The van der Waals surface area contributed by atoms with Gasteiger partial charge < -0.3 is 4.74 Å². The average Bonchev–Trinajstić information content (AvgIpc) is 2.10. The molecule has 0 radical (unpaired) electrons. The van der Waals surface area contributed by atoms with E-state index in [1.807, 2.05) is 0 Å². The number of hydrogen-bond donors (Lipinski definition) is 1. The van der Waals surface area contributed by atoms with Crippen molar-refractivity contribution in [1.82, 2.24) is 9.97 Å². The van der Waals surface area contributed by atoms with Crippen LogP contribution in [-0.4, -0.2) is 21.7 Å². The zero-order chi connectivity index (χ0) is 13.2. The normalized spacial score (nSPS) is 11.2. The summed E-state index contributed by atoms with van der Waals surface area (Å²) in [5.41, 5.74) is -0.669. The Hall–Kier alpha value is -1.14. The molecule has 0 spiro atoms. The van der Waals surface area contributed by atoms with E-state index in [0.29, 0.717) is 0 Å². The number of rotatable bonds is 1. The van der Waals surface area contributed by atoms with Crippen molar-refractivity contribution in [2.75, 3.05) is 5.32 Å². The van der Waals surface area contributed by atoms with Crippen LogP contribution in [0, 0.1) is 5.82 Å². The van der Waals surface area contributed by atoms with Crippen LogP contribution in [0.1, 0.15) is 20.8 Å². The second-order valence-corrected chi connectivity index (χ2v) is 4.79. The molecular formula is C9H10Cl2FN3O2. The third-order valence-corrected chi connectivity index (χ3v) is 1.88. The van der Waals surface area contributed by atoms with Gasteiger partial charge in [0, 0.05) is 0 Å². The van der Waals surface area contributed by atoms with Gasteiger partial charge in [-0.1, -0.05) is 23.2 Å². The van der Waals surface area contributed by atoms with E-state index in [9.17, 15) is 9.18 Å². The van der Waals surface area contributed by atoms with Crippen molar-refractivity contribution in [2.45, 2.75) is 26.4 Å². The average molecular weight is 282 g/mol. The molecular weight excluding hydrogens is 272 g/mol. The van der Waals surface area contributed by atoms with Gasteiger partial charge in [-0.05, 0) is 20.8 Å². The van der Waals surface area contributed by atoms with Crippen LogP contribution in [0.2, 0.25) is 10.3 Å². The third-order valence-electron chi connectivity index (χ3n) is 1.38. The van der Waals surface area contributed by atoms with E-state index in [1.54, 1.807) is 20.8 Å². The van der Waals surface area contributed by atoms with Crippen molar-refractivity contribution >= 4 is 35.2 Å². The highest BCUT2D eigenvalue weighted by Crippen LogP contribution is 2.20. The smallest absolute Gasteiger partial charge is 0.414 e. The molecule has 5 nitrogen and oxygen atoms in total. The van der Waals surface area contributed by atoms with Gasteiger partial charge in [-0.3, -0.25) is 5.32 Å². The number of halogens is 3. The summed E-state index contributed by atoms with van der Waals surface area (Å²) in [5, 5.41) is 1.24. The maximum absolute atomic E-state index is 13.0. The Labute approximate surface area is 107 Å². The highest BCUT2D eigenvalue weighted by atomic mass is 35.5. The van der Waals surface area contributed by atoms with Crippen molar-refractivity contribution < 1.29 is 13.9 Å². The number of aromatic nitrogens is 2. The van der Waals surface area contributed by atoms with Crippen LogP contribution in [0.3, 0.4) is 0 Å². The van der Waals surface area contributed by atoms with Crippen molar-refractivity contribution in [2.24, 2.45) is 0 Å². The molecule has 0 aliphatic rings. The van der Waals surface area contributed by atoms with Gasteiger partial charge in [0.1, 0.15) is 5.60 Å². The molecule has 0 saturated carbocycles. The van der Waals surface area contributed by atoms with Gasteiger partial charge in [0.25, 0.3) is 0 Å². The van der Waals surface area contributed by atoms with E-state index in [1.165, 1.54) is 0 Å². The Morgan fingerprint density at radius 1 is 1.29 bits per heavy atom. The number of amides is 1. The summed E-state index contributed by atoms with van der Waals surface area (Å²) in [5.74, 6) is -1.17. The Bertz CT molecular complexity index is 425. The summed E-state index contributed by atoms with van der Waals surface area (Å²) >= 11 is 10.9. The maximum atomic E-state index is 13.0. The zero-order valence-corrected chi connectivity index (χ0v) is 10.9. The Balaban J connectivity index is 2.79. The minimum atomic E-state index is -0.942. The van der Waals surface area contributed by atoms with Gasteiger partial charge in [0.15, 0.2) is 16.1 Å². The lowest BCUT2D eigenvalue weighted by molar-refractivity contribution is 0.0634. The predicted octanol–water partition coefficient (Wildman–Crippen LogP) is 3.27. The summed E-state index contributed by atoms with van der Waals surface area (Å²) in [4.78, 5) is 18.3. The number of hydrogen-bond acceptors (Lipinski definition) is 4. The van der Waals surface area contributed by atoms with E-state index in [4.69, 9.17) is 27.9 Å². The second-order valence-electron chi connectivity index (χ2n) is 4.07. The summed E-state index contributed by atoms with van der Waals surface area (Å²) in [6, 6.07) is 0. The van der Waals surface area contributed by atoms with Crippen molar-refractivity contribution in [3.63, 3.8) is 0 Å². The molecule has 1 aromatic rings. The Kier molecular flexibility index (Phi) is 4.11. The SMILES string of the molecule is CC(C)(C)OC(=O)Nc1nc(Cl)c(F)c(Cl)n1. The van der Waals surface area contributed by atoms with Gasteiger partial charge in [0.2, 0.25) is 5.95 Å². The maximum Gasteiger partial charge on any atom is 0.414 e. The van der Waals surface area contributed by atoms with E-state index < -0.39 is 27.8 Å². The number of anilines is 1. The zero-order valence-electron chi connectivity index (χ0n) is 9.34. The Morgan fingerprint density at radius 3 is 2.18 bits per heavy atom. The quantitative estimate of drug-likeness (QED) is 0.803. The lowest BCUT2D eigenvalue weighted by Crippen LogP contribution is -2.27. The van der Waals surface area contributed by atoms with Crippen LogP contribution in [-0.2, 0) is 4.74 Å². The molecule has 0 aromatic carbocycles. The highest BCUT2D eigenvalue weighted by Gasteiger charge is 2.18. The standard InChI is InChI=1S/C9H10Cl2FN3O2/c1-9(2,3)17-8(16)15-7-13-5(10)4(12)6(11)14-7/h1-3H3,(H,13,14,15,16). The summed E-state index contributed by atoms with van der Waals surface area (Å²) in [6.45, 7) is 5.08. The summed E-state index contributed by atoms with van der Waals surface area (Å²) in [6.07, 6.45) is -0.781. The Morgan fingerprint density at radius 2 is 1.76 bits per heavy atom. The van der Waals surface area contributed by atoms with Gasteiger partial charge in [-0.15, -0.1) is 0 Å². The molecule has 0 bridgehead atoms. The largest absolute Gasteiger partial charge is 0.444 e. The number of nitrogens with zero attached hydrogens (tertiary/aromatic N) is 2. The molecule has 0 aliphatic carbocycles. The first-order valence-electron chi connectivity index (χ1n) is 4.57. The van der Waals surface area contributed by atoms with Crippen LogP contribution in [0.25, 0.3) is 0 Å². The van der Waals surface area contributed by atoms with Crippen LogP contribution in [0.5, 0.6) is 0 Å². The minimum Gasteiger partial charge on any atom is -0.444 e. The number of carbonyl (C=O) groups is 1. The van der Waals surface area contributed by atoms with Gasteiger partial charge >= 0.3 is 6.09 Å². The molecule has 0 atom stereocenters. The molecule has 0 unspecified atom stereocenters. The first kappa shape index (κ1) is 13.9. The number of nitrogens with one attached hydrogen (secondary N) is 1. The number of carbonyl (C=O) groups excluding carboxylic acids is 1. The van der Waals surface area contributed by atoms with Gasteiger partial charge in [-0.25, -0.2) is 9.18 Å². The molecule has 17 heavy (non-hydrogen) atoms. The van der Waals surface area contributed by atoms with Crippen LogP contribution in [0.15, 0.2) is 0 Å². The lowest BCUT2D eigenvalue weighted by atomic mass is 10.2. The molecule has 1 rings (SSSR count). The number of ether oxygens (including phenoxy) is 1. The first-order valence-corrected chi connectivity index (χ1v) is 5.33. The molecule has 1 aromatic heterocycles. The van der Waals surface area contributed by atoms with Crippen LogP contribution < -0.4 is 5.32 Å². The van der Waals surface area contributed by atoms with E-state index >= 15 is 0 Å². The fourth-order valence-corrected chi connectivity index (χ4v) is 1.23. The predicted molar refractivity (Wildman–Crippen MR) is 61.9 cm³/mol. The van der Waals surface area contributed by atoms with E-state index in [-0.39, 0.29) is 5.95 Å². The monoisotopic (exact) mass is 281 g/mol. The van der Waals surface area contributed by atoms with Crippen molar-refractivity contribution in [3.05, 3.63) is 16.1 Å². The van der Waals surface area contributed by atoms with Crippen LogP contribution >= 0.6 is 23.2 Å². The van der Waals surface area contributed by atoms with Gasteiger partial charge in [-0.2, -0.15) is 9.97 Å². The summed E-state index contributed by atoms with van der Waals surface area (Å²) in [7, 11) is 0. The molecule has 0 aliphatic heterocycles. The van der Waals surface area contributed by atoms with Crippen LogP contribution in [0.4, 0.5) is 15.1 Å². The van der Waals surface area contributed by atoms with E-state index in [0.717, 1.165) is 0 Å². The summed E-state index contributed by atoms with van der Waals surface area (Å²) < 4.78 is 17.9. The fraction of sp³-hybridized carbons (Fsp3) is 0.444. The molecule has 1 amide bonds. The third kappa shape index (κ3) is 4.32. The minimum absolute atomic E-state index is 0.226. The molecule has 0 fully saturated rings. The highest BCUT2D eigenvalue weighted by molar-refractivity contribution is 6.33. The second kappa shape index (κ2) is 5.01. The lowest BCUT2D eigenvalue weighted by Gasteiger charge is -2.19. The molecule has 0 saturated heterocycles. The van der Waals surface area contributed by atoms with Crippen molar-refractivity contribution in [3.8, 4) is 0 Å². The molecule has 8 heteroatoms. The topological polar surface area (TPSA) is 64.1 Å². The van der Waals surface area contributed by atoms with Crippen molar-refractivity contribution in [1.29, 1.82) is 0 Å².